The fourth-order valence-corrected chi connectivity index (χ4v) is 3.56. The van der Waals surface area contributed by atoms with Crippen molar-refractivity contribution in [1.29, 1.82) is 0 Å². The molecule has 0 aliphatic carbocycles. The Balaban J connectivity index is 2.98. The smallest absolute Gasteiger partial charge is 0.330 e. The quantitative estimate of drug-likeness (QED) is 0.130. The molecule has 13 nitrogen and oxygen atoms in total. The van der Waals surface area contributed by atoms with Crippen LogP contribution in [0.15, 0.2) is 35.3 Å². The van der Waals surface area contributed by atoms with Crippen LogP contribution in [0.4, 0.5) is 5.69 Å². The van der Waals surface area contributed by atoms with E-state index < -0.39 is 60.3 Å². The maximum absolute atomic E-state index is 13.0. The highest BCUT2D eigenvalue weighted by molar-refractivity contribution is 5.97. The molecule has 0 bridgehead atoms. The third-order valence-electron chi connectivity index (χ3n) is 5.32. The van der Waals surface area contributed by atoms with Crippen LogP contribution in [0.5, 0.6) is 0 Å². The van der Waals surface area contributed by atoms with Crippen LogP contribution >= 0.6 is 0 Å². The largest absolute Gasteiger partial charge is 0.481 e. The fraction of sp³-hybridized carbons (Fsp3) is 0.519. The average molecular weight is 563 g/mol. The zero-order chi connectivity index (χ0) is 30.3. The van der Waals surface area contributed by atoms with Crippen molar-refractivity contribution < 1.29 is 38.6 Å². The number of amides is 3. The summed E-state index contributed by atoms with van der Waals surface area (Å²) in [5.74, 6) is -3.75. The number of carboxylic acids is 1. The van der Waals surface area contributed by atoms with Crippen molar-refractivity contribution in [3.05, 3.63) is 40.8 Å². The van der Waals surface area contributed by atoms with Gasteiger partial charge in [0.05, 0.1) is 19.1 Å². The summed E-state index contributed by atoms with van der Waals surface area (Å²) in [6, 6.07) is 0.885. The van der Waals surface area contributed by atoms with Gasteiger partial charge in [-0.25, -0.2) is 4.79 Å². The Morgan fingerprint density at radius 3 is 2.40 bits per heavy atom. The van der Waals surface area contributed by atoms with E-state index in [1.54, 1.807) is 6.92 Å². The molecule has 0 radical (unpaired) electrons. The molecule has 40 heavy (non-hydrogen) atoms. The van der Waals surface area contributed by atoms with Gasteiger partial charge >= 0.3 is 11.9 Å². The van der Waals surface area contributed by atoms with Gasteiger partial charge in [0.25, 0.3) is 5.56 Å². The number of esters is 1. The molecule has 4 N–H and O–H groups in total. The highest BCUT2D eigenvalue weighted by Crippen LogP contribution is 2.20. The summed E-state index contributed by atoms with van der Waals surface area (Å²) in [6.07, 6.45) is 4.45. The second-order valence-corrected chi connectivity index (χ2v) is 10.2. The highest BCUT2D eigenvalue weighted by atomic mass is 16.5. The van der Waals surface area contributed by atoms with Crippen molar-refractivity contribution in [2.75, 3.05) is 11.9 Å². The Morgan fingerprint density at radius 2 is 1.80 bits per heavy atom. The Hall–Kier alpha value is -4.29. The number of hydrogen-bond donors (Lipinski definition) is 4. The molecule has 0 aromatic carbocycles. The Morgan fingerprint density at radius 1 is 1.10 bits per heavy atom. The number of aliphatic carboxylic acids is 1. The van der Waals surface area contributed by atoms with Gasteiger partial charge in [-0.15, -0.1) is 0 Å². The fourth-order valence-electron chi connectivity index (χ4n) is 3.56. The number of aldehydes is 1. The molecule has 0 saturated carbocycles. The lowest BCUT2D eigenvalue weighted by molar-refractivity contribution is -0.139. The van der Waals surface area contributed by atoms with Gasteiger partial charge in [0, 0.05) is 18.7 Å². The predicted octanol–water partition coefficient (Wildman–Crippen LogP) is 1.16. The van der Waals surface area contributed by atoms with Crippen molar-refractivity contribution >= 4 is 41.6 Å². The number of hydrogen-bond acceptors (Lipinski definition) is 8. The number of rotatable bonds is 16. The summed E-state index contributed by atoms with van der Waals surface area (Å²) < 4.78 is 5.84. The SMILES string of the molecule is CCOC(=O)/C=C/CC[C@H](NC(=O)CCC(=O)O)C(=O)Nc1cccn(CC(=O)N[C@H](C=O)CC(C)(C)C)c1=O. The number of nitrogens with one attached hydrogen (secondary N) is 3. The number of carbonyl (C=O) groups is 6. The van der Waals surface area contributed by atoms with Gasteiger partial charge in [-0.3, -0.25) is 24.0 Å². The van der Waals surface area contributed by atoms with Crippen molar-refractivity contribution in [2.45, 2.75) is 78.4 Å². The molecule has 0 saturated heterocycles. The molecule has 1 aromatic rings. The molecule has 2 atom stereocenters. The second-order valence-electron chi connectivity index (χ2n) is 10.2. The van der Waals surface area contributed by atoms with Gasteiger partial charge in [-0.2, -0.15) is 0 Å². The topological polar surface area (TPSA) is 190 Å². The Labute approximate surface area is 232 Å². The number of anilines is 1. The molecule has 0 spiro atoms. The maximum Gasteiger partial charge on any atom is 0.330 e. The molecule has 0 aliphatic heterocycles. The van der Waals surface area contributed by atoms with Crippen molar-refractivity contribution in [2.24, 2.45) is 5.41 Å². The minimum atomic E-state index is -1.18. The zero-order valence-corrected chi connectivity index (χ0v) is 23.2. The summed E-state index contributed by atoms with van der Waals surface area (Å²) in [4.78, 5) is 84.2. The predicted molar refractivity (Wildman–Crippen MR) is 145 cm³/mol. The number of carboxylic acid groups (broad SMARTS) is 1. The number of carbonyl (C=O) groups excluding carboxylic acids is 5. The van der Waals surface area contributed by atoms with Crippen LogP contribution in [0.2, 0.25) is 0 Å². The summed E-state index contributed by atoms with van der Waals surface area (Å²) in [6.45, 7) is 7.21. The standard InChI is InChI=1S/C27H38N4O9/c1-5-40-24(37)11-7-6-9-19(29-21(33)12-13-23(35)36)25(38)30-20-10-8-14-31(26(20)39)16-22(34)28-18(17-32)15-27(2,3)4/h7-8,10-11,14,17-19H,5-6,9,12-13,15-16H2,1-4H3,(H,28,34)(H,29,33)(H,30,38)(H,35,36)/b11-7+/t18-,19-/m0/s1. The first-order valence-corrected chi connectivity index (χ1v) is 12.8. The summed E-state index contributed by atoms with van der Waals surface area (Å²) >= 11 is 0. The molecule has 3 amide bonds. The number of allylic oxidation sites excluding steroid dienone is 1. The first-order chi connectivity index (χ1) is 18.7. The molecule has 0 unspecified atom stereocenters. The number of pyridine rings is 1. The summed E-state index contributed by atoms with van der Waals surface area (Å²) in [5.41, 5.74) is -1.06. The molecule has 0 aliphatic rings. The van der Waals surface area contributed by atoms with Gasteiger partial charge in [0.15, 0.2) is 0 Å². The molecule has 1 aromatic heterocycles. The average Bonchev–Trinajstić information content (AvgIpc) is 2.85. The van der Waals surface area contributed by atoms with E-state index in [-0.39, 0.29) is 37.0 Å². The lowest BCUT2D eigenvalue weighted by Gasteiger charge is -2.23. The molecule has 220 valence electrons. The lowest BCUT2D eigenvalue weighted by atomic mass is 9.88. The monoisotopic (exact) mass is 562 g/mol. The number of nitrogens with zero attached hydrogens (tertiary/aromatic N) is 1. The third kappa shape index (κ3) is 13.5. The molecule has 1 rings (SSSR count). The highest BCUT2D eigenvalue weighted by Gasteiger charge is 2.23. The third-order valence-corrected chi connectivity index (χ3v) is 5.32. The van der Waals surface area contributed by atoms with Crippen LogP contribution in [-0.4, -0.2) is 64.3 Å². The maximum atomic E-state index is 13.0. The van der Waals surface area contributed by atoms with E-state index in [2.05, 4.69) is 16.0 Å². The van der Waals surface area contributed by atoms with Crippen molar-refractivity contribution in [3.8, 4) is 0 Å². The van der Waals surface area contributed by atoms with E-state index in [0.29, 0.717) is 12.7 Å². The molecule has 13 heteroatoms. The molecule has 1 heterocycles. The van der Waals surface area contributed by atoms with E-state index in [4.69, 9.17) is 9.84 Å². The van der Waals surface area contributed by atoms with Crippen LogP contribution < -0.4 is 21.5 Å². The van der Waals surface area contributed by atoms with Gasteiger partial charge in [0.2, 0.25) is 17.7 Å². The van der Waals surface area contributed by atoms with Crippen LogP contribution in [0.1, 0.15) is 59.8 Å². The van der Waals surface area contributed by atoms with E-state index >= 15 is 0 Å². The van der Waals surface area contributed by atoms with Gasteiger partial charge in [-0.1, -0.05) is 26.8 Å². The first-order valence-electron chi connectivity index (χ1n) is 12.8. The second kappa shape index (κ2) is 16.6. The Bertz CT molecular complexity index is 1150. The minimum absolute atomic E-state index is 0.0326. The van der Waals surface area contributed by atoms with E-state index in [0.717, 1.165) is 4.57 Å². The lowest BCUT2D eigenvalue weighted by Crippen LogP contribution is -2.45. The molecular formula is C27H38N4O9. The van der Waals surface area contributed by atoms with Gasteiger partial charge in [-0.05, 0) is 43.7 Å². The van der Waals surface area contributed by atoms with Crippen LogP contribution in [-0.2, 0) is 40.0 Å². The van der Waals surface area contributed by atoms with E-state index in [9.17, 15) is 33.6 Å². The summed E-state index contributed by atoms with van der Waals surface area (Å²) in [7, 11) is 0. The van der Waals surface area contributed by atoms with Crippen molar-refractivity contribution in [3.63, 3.8) is 0 Å². The normalized spacial score (nSPS) is 12.7. The minimum Gasteiger partial charge on any atom is -0.481 e. The summed E-state index contributed by atoms with van der Waals surface area (Å²) in [5, 5.41) is 16.3. The van der Waals surface area contributed by atoms with E-state index in [1.807, 2.05) is 20.8 Å². The van der Waals surface area contributed by atoms with Gasteiger partial charge in [0.1, 0.15) is 24.6 Å². The zero-order valence-electron chi connectivity index (χ0n) is 23.2. The van der Waals surface area contributed by atoms with E-state index in [1.165, 1.54) is 30.5 Å². The van der Waals surface area contributed by atoms with Gasteiger partial charge < -0.3 is 35.2 Å². The van der Waals surface area contributed by atoms with Crippen LogP contribution in [0.3, 0.4) is 0 Å². The number of aromatic nitrogens is 1. The van der Waals surface area contributed by atoms with Crippen molar-refractivity contribution in [1.82, 2.24) is 15.2 Å². The van der Waals surface area contributed by atoms with Crippen LogP contribution in [0, 0.1) is 5.41 Å². The molecular weight excluding hydrogens is 524 g/mol. The molecule has 0 fully saturated rings. The number of ether oxygens (including phenoxy) is 1. The first kappa shape index (κ1) is 33.7. The van der Waals surface area contributed by atoms with Crippen LogP contribution in [0.25, 0.3) is 0 Å². The Kier molecular flexibility index (Phi) is 14.0.